The quantitative estimate of drug-likeness (QED) is 0.379. The SMILES string of the molecule is CC(=O)c1ccc(O)cc1.CC(=O)c1ccc(O[Si](C(C)C)(C(C)C)C(C)C)cc1. The van der Waals surface area contributed by atoms with Gasteiger partial charge in [-0.05, 0) is 79.0 Å². The molecule has 164 valence electrons. The normalized spacial score (nSPS) is 11.3. The zero-order chi connectivity index (χ0) is 23.1. The fourth-order valence-electron chi connectivity index (χ4n) is 4.01. The summed E-state index contributed by atoms with van der Waals surface area (Å²) in [6.07, 6.45) is 0. The van der Waals surface area contributed by atoms with Gasteiger partial charge in [0.05, 0.1) is 0 Å². The molecule has 2 aromatic carbocycles. The minimum absolute atomic E-state index is 0.0139. The molecule has 0 atom stereocenters. The van der Waals surface area contributed by atoms with Gasteiger partial charge in [-0.1, -0.05) is 41.5 Å². The van der Waals surface area contributed by atoms with Crippen LogP contribution >= 0.6 is 0 Å². The summed E-state index contributed by atoms with van der Waals surface area (Å²) in [6, 6.07) is 13.8. The van der Waals surface area contributed by atoms with Gasteiger partial charge < -0.3 is 9.53 Å². The Hall–Kier alpha value is -2.40. The van der Waals surface area contributed by atoms with Crippen LogP contribution in [-0.4, -0.2) is 25.0 Å². The van der Waals surface area contributed by atoms with Gasteiger partial charge in [0.2, 0.25) is 0 Å². The second-order valence-corrected chi connectivity index (χ2v) is 14.0. The molecule has 30 heavy (non-hydrogen) atoms. The molecule has 0 spiro atoms. The van der Waals surface area contributed by atoms with Crippen molar-refractivity contribution in [2.24, 2.45) is 0 Å². The molecular weight excluding hydrogens is 392 g/mol. The highest BCUT2D eigenvalue weighted by Gasteiger charge is 2.46. The molecule has 0 aliphatic carbocycles. The topological polar surface area (TPSA) is 63.6 Å². The van der Waals surface area contributed by atoms with Crippen molar-refractivity contribution >= 4 is 19.9 Å². The van der Waals surface area contributed by atoms with E-state index in [0.717, 1.165) is 11.3 Å². The monoisotopic (exact) mass is 428 g/mol. The van der Waals surface area contributed by atoms with E-state index in [1.54, 1.807) is 19.1 Å². The van der Waals surface area contributed by atoms with Gasteiger partial charge in [-0.3, -0.25) is 9.59 Å². The number of ketones is 2. The van der Waals surface area contributed by atoms with Crippen molar-refractivity contribution in [1.82, 2.24) is 0 Å². The molecule has 0 bridgehead atoms. The highest BCUT2D eigenvalue weighted by molar-refractivity contribution is 6.78. The zero-order valence-corrected chi connectivity index (χ0v) is 20.5. The maximum atomic E-state index is 11.3. The fourth-order valence-corrected chi connectivity index (χ4v) is 9.26. The molecule has 0 heterocycles. The van der Waals surface area contributed by atoms with Gasteiger partial charge in [-0.2, -0.15) is 0 Å². The lowest BCUT2D eigenvalue weighted by Crippen LogP contribution is -2.50. The van der Waals surface area contributed by atoms with Gasteiger partial charge in [0.15, 0.2) is 11.6 Å². The highest BCUT2D eigenvalue weighted by Crippen LogP contribution is 2.42. The first kappa shape index (κ1) is 25.6. The maximum absolute atomic E-state index is 11.3. The molecule has 2 rings (SSSR count). The van der Waals surface area contributed by atoms with E-state index < -0.39 is 8.32 Å². The fraction of sp³-hybridized carbons (Fsp3) is 0.440. The van der Waals surface area contributed by atoms with Crippen LogP contribution in [-0.2, 0) is 0 Å². The second kappa shape index (κ2) is 11.1. The Kier molecular flexibility index (Phi) is 9.50. The van der Waals surface area contributed by atoms with Crippen LogP contribution in [0.3, 0.4) is 0 Å². The van der Waals surface area contributed by atoms with Crippen molar-refractivity contribution in [2.45, 2.75) is 72.0 Å². The molecule has 5 heteroatoms. The third-order valence-electron chi connectivity index (χ3n) is 5.54. The molecule has 0 aliphatic rings. The zero-order valence-electron chi connectivity index (χ0n) is 19.5. The first-order valence-electron chi connectivity index (χ1n) is 10.5. The number of carbonyl (C=O) groups is 2. The molecule has 0 saturated heterocycles. The van der Waals surface area contributed by atoms with E-state index in [1.165, 1.54) is 19.1 Å². The van der Waals surface area contributed by atoms with Gasteiger partial charge in [0.25, 0.3) is 8.32 Å². The Bertz CT molecular complexity index is 799. The molecule has 0 aromatic heterocycles. The molecule has 1 N–H and O–H groups in total. The summed E-state index contributed by atoms with van der Waals surface area (Å²) >= 11 is 0. The number of Topliss-reactive ketones (excluding diaryl/α,β-unsaturated/α-hetero) is 2. The minimum atomic E-state index is -1.90. The van der Waals surface area contributed by atoms with Crippen molar-refractivity contribution < 1.29 is 19.1 Å². The first-order valence-corrected chi connectivity index (χ1v) is 12.7. The average molecular weight is 429 g/mol. The molecule has 0 unspecified atom stereocenters. The predicted molar refractivity (Wildman–Crippen MR) is 126 cm³/mol. The van der Waals surface area contributed by atoms with E-state index in [9.17, 15) is 9.59 Å². The van der Waals surface area contributed by atoms with Crippen LogP contribution in [0.15, 0.2) is 48.5 Å². The van der Waals surface area contributed by atoms with Crippen LogP contribution in [0.5, 0.6) is 11.5 Å². The number of hydrogen-bond donors (Lipinski definition) is 1. The summed E-state index contributed by atoms with van der Waals surface area (Å²) in [5.74, 6) is 1.19. The molecule has 0 aliphatic heterocycles. The third kappa shape index (κ3) is 6.56. The van der Waals surface area contributed by atoms with Crippen molar-refractivity contribution in [3.63, 3.8) is 0 Å². The van der Waals surface area contributed by atoms with E-state index in [-0.39, 0.29) is 17.3 Å². The van der Waals surface area contributed by atoms with E-state index >= 15 is 0 Å². The van der Waals surface area contributed by atoms with Gasteiger partial charge in [0, 0.05) is 11.1 Å². The summed E-state index contributed by atoms with van der Waals surface area (Å²) in [7, 11) is -1.90. The van der Waals surface area contributed by atoms with E-state index in [4.69, 9.17) is 9.53 Å². The van der Waals surface area contributed by atoms with Crippen LogP contribution in [0.25, 0.3) is 0 Å². The average Bonchev–Trinajstić information content (AvgIpc) is 2.66. The molecule has 0 saturated carbocycles. The van der Waals surface area contributed by atoms with Crippen molar-refractivity contribution in [3.8, 4) is 11.5 Å². The Morgan fingerprint density at radius 1 is 0.700 bits per heavy atom. The van der Waals surface area contributed by atoms with Crippen LogP contribution < -0.4 is 4.43 Å². The van der Waals surface area contributed by atoms with Crippen LogP contribution in [0.2, 0.25) is 16.6 Å². The summed E-state index contributed by atoms with van der Waals surface area (Å²) in [4.78, 5) is 22.0. The van der Waals surface area contributed by atoms with Crippen molar-refractivity contribution in [3.05, 3.63) is 59.7 Å². The summed E-state index contributed by atoms with van der Waals surface area (Å²) in [5, 5.41) is 8.83. The van der Waals surface area contributed by atoms with E-state index in [2.05, 4.69) is 41.5 Å². The van der Waals surface area contributed by atoms with Crippen molar-refractivity contribution in [2.75, 3.05) is 0 Å². The molecule has 4 nitrogen and oxygen atoms in total. The standard InChI is InChI=1S/C17H28O2Si.C8H8O2/c1-12(2)20(13(3)4,14(5)6)19-17-10-8-16(9-11-17)15(7)18;1-6(9)7-2-4-8(10)5-3-7/h8-14H,1-7H3;2-5,10H,1H3. The first-order chi connectivity index (χ1) is 13.9. The summed E-state index contributed by atoms with van der Waals surface area (Å²) in [5.41, 5.74) is 3.01. The van der Waals surface area contributed by atoms with E-state index in [1.807, 2.05) is 24.3 Å². The summed E-state index contributed by atoms with van der Waals surface area (Å²) < 4.78 is 6.55. The lowest BCUT2D eigenvalue weighted by Gasteiger charge is -2.42. The Morgan fingerprint density at radius 3 is 1.33 bits per heavy atom. The number of rotatable bonds is 7. The third-order valence-corrected chi connectivity index (χ3v) is 11.5. The molecule has 0 fully saturated rings. The highest BCUT2D eigenvalue weighted by atomic mass is 28.4. The predicted octanol–water partition coefficient (Wildman–Crippen LogP) is 7.04. The number of carbonyl (C=O) groups excluding carboxylic acids is 2. The number of aromatic hydroxyl groups is 1. The number of phenols is 1. The van der Waals surface area contributed by atoms with Crippen LogP contribution in [0.4, 0.5) is 0 Å². The smallest absolute Gasteiger partial charge is 0.258 e. The van der Waals surface area contributed by atoms with Crippen molar-refractivity contribution in [1.29, 1.82) is 0 Å². The number of hydrogen-bond acceptors (Lipinski definition) is 4. The van der Waals surface area contributed by atoms with Gasteiger partial charge in [0.1, 0.15) is 11.5 Å². The lowest BCUT2D eigenvalue weighted by atomic mass is 10.1. The summed E-state index contributed by atoms with van der Waals surface area (Å²) in [6.45, 7) is 16.7. The maximum Gasteiger partial charge on any atom is 0.258 e. The Labute approximate surface area is 182 Å². The second-order valence-electron chi connectivity index (χ2n) is 8.60. The molecule has 0 amide bonds. The largest absolute Gasteiger partial charge is 0.543 e. The van der Waals surface area contributed by atoms with Gasteiger partial charge in [-0.15, -0.1) is 0 Å². The van der Waals surface area contributed by atoms with Crippen LogP contribution in [0.1, 0.15) is 76.1 Å². The molecule has 2 aromatic rings. The number of benzene rings is 2. The van der Waals surface area contributed by atoms with Gasteiger partial charge >= 0.3 is 0 Å². The van der Waals surface area contributed by atoms with Crippen LogP contribution in [0, 0.1) is 0 Å². The Morgan fingerprint density at radius 2 is 1.03 bits per heavy atom. The van der Waals surface area contributed by atoms with E-state index in [0.29, 0.717) is 22.2 Å². The molecule has 0 radical (unpaired) electrons. The Balaban J connectivity index is 0.000000375. The lowest BCUT2D eigenvalue weighted by molar-refractivity contribution is 0.100. The molecular formula is C25H36O4Si. The minimum Gasteiger partial charge on any atom is -0.543 e. The van der Waals surface area contributed by atoms with Gasteiger partial charge in [-0.25, -0.2) is 0 Å². The number of phenolic OH excluding ortho intramolecular Hbond substituents is 1.